The second-order valence-electron chi connectivity index (χ2n) is 4.74. The number of H-pyrrole nitrogens is 2. The number of nitrogens with one attached hydrogen (secondary N) is 2. The molecule has 2 aromatic rings. The molecule has 1 aliphatic rings. The monoisotopic (exact) mass is 244 g/mol. The number of imidazole rings is 1. The highest BCUT2D eigenvalue weighted by Gasteiger charge is 2.18. The van der Waals surface area contributed by atoms with E-state index in [2.05, 4.69) is 34.2 Å². The van der Waals surface area contributed by atoms with Gasteiger partial charge in [0.2, 0.25) is 0 Å². The molecule has 3 heteroatoms. The number of hydrogen-bond donors (Lipinski definition) is 2. The molecule has 0 bridgehead atoms. The smallest absolute Gasteiger partial charge is 0.174 e. The van der Waals surface area contributed by atoms with Crippen molar-refractivity contribution in [1.29, 1.82) is 0 Å². The lowest BCUT2D eigenvalue weighted by atomic mass is 9.97. The van der Waals surface area contributed by atoms with Crippen LogP contribution in [0.5, 0.6) is 0 Å². The van der Waals surface area contributed by atoms with Crippen molar-refractivity contribution in [1.82, 2.24) is 9.97 Å². The molecule has 88 valence electrons. The highest BCUT2D eigenvalue weighted by atomic mass is 32.1. The molecule has 0 radical (unpaired) electrons. The van der Waals surface area contributed by atoms with E-state index in [1.54, 1.807) is 0 Å². The molecule has 0 amide bonds. The number of aryl methyl sites for hydroxylation is 2. The third-order valence-electron chi connectivity index (χ3n) is 3.70. The van der Waals surface area contributed by atoms with E-state index in [-0.39, 0.29) is 0 Å². The molecule has 0 fully saturated rings. The number of aromatic amines is 2. The first-order chi connectivity index (χ1) is 8.33. The summed E-state index contributed by atoms with van der Waals surface area (Å²) in [5.74, 6) is 0.607. The molecule has 0 atom stereocenters. The fourth-order valence-electron chi connectivity index (χ4n) is 2.73. The van der Waals surface area contributed by atoms with Crippen LogP contribution in [0.3, 0.4) is 0 Å². The second-order valence-corrected chi connectivity index (χ2v) is 5.15. The topological polar surface area (TPSA) is 31.6 Å². The van der Waals surface area contributed by atoms with Crippen molar-refractivity contribution in [3.05, 3.63) is 52.1 Å². The van der Waals surface area contributed by atoms with Crippen LogP contribution in [-0.4, -0.2) is 9.97 Å². The van der Waals surface area contributed by atoms with Crippen LogP contribution in [0.15, 0.2) is 30.5 Å². The molecular weight excluding hydrogens is 228 g/mol. The predicted octanol–water partition coefficient (Wildman–Crippen LogP) is 3.73. The van der Waals surface area contributed by atoms with Gasteiger partial charge in [-0.05, 0) is 49.0 Å². The van der Waals surface area contributed by atoms with Crippen LogP contribution >= 0.6 is 12.2 Å². The summed E-state index contributed by atoms with van der Waals surface area (Å²) in [6.07, 6.45) is 6.79. The number of hydrogen-bond acceptors (Lipinski definition) is 1. The van der Waals surface area contributed by atoms with E-state index in [9.17, 15) is 0 Å². The fraction of sp³-hybridized carbons (Fsp3) is 0.357. The normalized spacial score (nSPS) is 16.5. The Labute approximate surface area is 106 Å². The summed E-state index contributed by atoms with van der Waals surface area (Å²) in [5.41, 5.74) is 4.30. The van der Waals surface area contributed by atoms with Crippen molar-refractivity contribution < 1.29 is 0 Å². The van der Waals surface area contributed by atoms with E-state index in [1.165, 1.54) is 42.5 Å². The van der Waals surface area contributed by atoms with E-state index in [4.69, 9.17) is 12.2 Å². The van der Waals surface area contributed by atoms with E-state index < -0.39 is 0 Å². The maximum Gasteiger partial charge on any atom is 0.174 e. The lowest BCUT2D eigenvalue weighted by molar-refractivity contribution is 0.586. The lowest BCUT2D eigenvalue weighted by Crippen LogP contribution is -1.99. The van der Waals surface area contributed by atoms with Gasteiger partial charge in [-0.15, -0.1) is 0 Å². The van der Waals surface area contributed by atoms with Gasteiger partial charge < -0.3 is 9.97 Å². The molecule has 1 aromatic carbocycles. The SMILES string of the molecule is S=c1[nH]cc(C2CCc3ccccc3CC2)[nH]1. The van der Waals surface area contributed by atoms with Crippen molar-refractivity contribution >= 4 is 12.2 Å². The van der Waals surface area contributed by atoms with E-state index >= 15 is 0 Å². The van der Waals surface area contributed by atoms with Crippen molar-refractivity contribution in [2.75, 3.05) is 0 Å². The molecule has 0 saturated carbocycles. The Balaban J connectivity index is 1.84. The number of rotatable bonds is 1. The molecule has 2 N–H and O–H groups in total. The molecule has 1 heterocycles. The third-order valence-corrected chi connectivity index (χ3v) is 3.92. The van der Waals surface area contributed by atoms with Crippen molar-refractivity contribution in [3.63, 3.8) is 0 Å². The van der Waals surface area contributed by atoms with Crippen LogP contribution in [0.2, 0.25) is 0 Å². The second kappa shape index (κ2) is 4.49. The Morgan fingerprint density at radius 3 is 2.24 bits per heavy atom. The summed E-state index contributed by atoms with van der Waals surface area (Å²) in [6, 6.07) is 8.81. The van der Waals surface area contributed by atoms with Gasteiger partial charge in [0.1, 0.15) is 0 Å². The number of benzene rings is 1. The largest absolute Gasteiger partial charge is 0.337 e. The summed E-state index contributed by atoms with van der Waals surface area (Å²) in [5, 5.41) is 0. The van der Waals surface area contributed by atoms with Crippen molar-refractivity contribution in [2.24, 2.45) is 0 Å². The van der Waals surface area contributed by atoms with Crippen LogP contribution in [-0.2, 0) is 12.8 Å². The van der Waals surface area contributed by atoms with Gasteiger partial charge in [0.05, 0.1) is 0 Å². The lowest BCUT2D eigenvalue weighted by Gasteiger charge is -2.10. The zero-order valence-corrected chi connectivity index (χ0v) is 10.5. The van der Waals surface area contributed by atoms with Crippen LogP contribution < -0.4 is 0 Å². The quantitative estimate of drug-likeness (QED) is 0.581. The highest BCUT2D eigenvalue weighted by molar-refractivity contribution is 7.71. The van der Waals surface area contributed by atoms with Gasteiger partial charge in [-0.2, -0.15) is 0 Å². The van der Waals surface area contributed by atoms with Crippen LogP contribution in [0.25, 0.3) is 0 Å². The standard InChI is InChI=1S/C14H16N2S/c17-14-15-9-13(16-14)12-7-5-10-3-1-2-4-11(10)6-8-12/h1-4,9,12H,5-8H2,(H2,15,16,17). The number of fused-ring (bicyclic) bond motifs is 1. The molecule has 0 aliphatic heterocycles. The van der Waals surface area contributed by atoms with E-state index in [0.717, 1.165) is 4.77 Å². The molecule has 0 saturated heterocycles. The minimum atomic E-state index is 0.607. The maximum absolute atomic E-state index is 5.09. The predicted molar refractivity (Wildman–Crippen MR) is 71.8 cm³/mol. The van der Waals surface area contributed by atoms with Gasteiger partial charge in [0.25, 0.3) is 0 Å². The van der Waals surface area contributed by atoms with Crippen LogP contribution in [0, 0.1) is 4.77 Å². The zero-order chi connectivity index (χ0) is 11.7. The van der Waals surface area contributed by atoms with Gasteiger partial charge in [0, 0.05) is 17.8 Å². The fourth-order valence-corrected chi connectivity index (χ4v) is 2.90. The van der Waals surface area contributed by atoms with Crippen molar-refractivity contribution in [2.45, 2.75) is 31.6 Å². The van der Waals surface area contributed by atoms with Gasteiger partial charge in [-0.25, -0.2) is 0 Å². The van der Waals surface area contributed by atoms with Crippen LogP contribution in [0.1, 0.15) is 35.6 Å². The summed E-state index contributed by atoms with van der Waals surface area (Å²) >= 11 is 5.09. The first-order valence-corrected chi connectivity index (χ1v) is 6.58. The molecule has 2 nitrogen and oxygen atoms in total. The molecule has 17 heavy (non-hydrogen) atoms. The summed E-state index contributed by atoms with van der Waals surface area (Å²) in [4.78, 5) is 6.33. The molecule has 1 aromatic heterocycles. The van der Waals surface area contributed by atoms with Gasteiger partial charge in [-0.1, -0.05) is 24.3 Å². The summed E-state index contributed by atoms with van der Waals surface area (Å²) < 4.78 is 0.738. The van der Waals surface area contributed by atoms with Crippen molar-refractivity contribution in [3.8, 4) is 0 Å². The zero-order valence-electron chi connectivity index (χ0n) is 9.70. The van der Waals surface area contributed by atoms with Gasteiger partial charge in [-0.3, -0.25) is 0 Å². The Morgan fingerprint density at radius 1 is 1.06 bits per heavy atom. The average Bonchev–Trinajstić information content (AvgIpc) is 2.66. The average molecular weight is 244 g/mol. The Morgan fingerprint density at radius 2 is 1.71 bits per heavy atom. The molecule has 0 unspecified atom stereocenters. The first kappa shape index (κ1) is 10.8. The Bertz CT molecular complexity index is 540. The first-order valence-electron chi connectivity index (χ1n) is 6.17. The number of aromatic nitrogens is 2. The highest BCUT2D eigenvalue weighted by Crippen LogP contribution is 2.30. The summed E-state index contributed by atoms with van der Waals surface area (Å²) in [7, 11) is 0. The van der Waals surface area contributed by atoms with Crippen LogP contribution in [0.4, 0.5) is 0 Å². The van der Waals surface area contributed by atoms with E-state index in [0.29, 0.717) is 5.92 Å². The summed E-state index contributed by atoms with van der Waals surface area (Å²) in [6.45, 7) is 0. The molecule has 0 spiro atoms. The van der Waals surface area contributed by atoms with Gasteiger partial charge >= 0.3 is 0 Å². The molecular formula is C14H16N2S. The minimum absolute atomic E-state index is 0.607. The maximum atomic E-state index is 5.09. The molecule has 1 aliphatic carbocycles. The molecule has 3 rings (SSSR count). The Kier molecular flexibility index (Phi) is 2.85. The van der Waals surface area contributed by atoms with E-state index in [1.807, 2.05) is 6.20 Å². The minimum Gasteiger partial charge on any atom is -0.337 e. The van der Waals surface area contributed by atoms with Gasteiger partial charge in [0.15, 0.2) is 4.77 Å². The Hall–Kier alpha value is -1.35. The third kappa shape index (κ3) is 2.20.